The van der Waals surface area contributed by atoms with Gasteiger partial charge in [0.2, 0.25) is 11.8 Å². The first-order valence-electron chi connectivity index (χ1n) is 8.68. The SMILES string of the molecule is COC(=O)C(C)(C)NC(=O)C(CC(C)C)NC(=O)C(C)NC(C)(C)C. The number of carbonyl (C=O) groups is 3. The summed E-state index contributed by atoms with van der Waals surface area (Å²) in [6.07, 6.45) is 0.469. The Hall–Kier alpha value is -1.63. The average Bonchev–Trinajstić information content (AvgIpc) is 2.42. The number of hydrogen-bond donors (Lipinski definition) is 3. The molecule has 0 bridgehead atoms. The van der Waals surface area contributed by atoms with E-state index in [1.165, 1.54) is 7.11 Å². The van der Waals surface area contributed by atoms with Gasteiger partial charge in [-0.1, -0.05) is 13.8 Å². The molecule has 3 N–H and O–H groups in total. The molecule has 0 aromatic heterocycles. The first-order valence-corrected chi connectivity index (χ1v) is 8.68. The summed E-state index contributed by atoms with van der Waals surface area (Å²) in [5, 5.41) is 8.61. The third-order valence-electron chi connectivity index (χ3n) is 3.51. The summed E-state index contributed by atoms with van der Waals surface area (Å²) in [7, 11) is 1.27. The van der Waals surface area contributed by atoms with Crippen molar-refractivity contribution >= 4 is 17.8 Å². The van der Waals surface area contributed by atoms with Crippen molar-refractivity contribution < 1.29 is 19.1 Å². The molecule has 0 aliphatic rings. The highest BCUT2D eigenvalue weighted by Crippen LogP contribution is 2.10. The smallest absolute Gasteiger partial charge is 0.330 e. The number of hydrogen-bond acceptors (Lipinski definition) is 5. The fraction of sp³-hybridized carbons (Fsp3) is 0.833. The molecule has 7 nitrogen and oxygen atoms in total. The van der Waals surface area contributed by atoms with Gasteiger partial charge in [0.05, 0.1) is 13.2 Å². The molecule has 0 aromatic carbocycles. The zero-order valence-corrected chi connectivity index (χ0v) is 17.1. The Labute approximate surface area is 151 Å². The molecule has 0 fully saturated rings. The number of ether oxygens (including phenoxy) is 1. The number of esters is 1. The van der Waals surface area contributed by atoms with Gasteiger partial charge in [-0.15, -0.1) is 0 Å². The molecule has 0 rings (SSSR count). The summed E-state index contributed by atoms with van der Waals surface area (Å²) in [6.45, 7) is 14.7. The van der Waals surface area contributed by atoms with Crippen molar-refractivity contribution in [2.45, 2.75) is 85.0 Å². The third kappa shape index (κ3) is 8.86. The predicted molar refractivity (Wildman–Crippen MR) is 98.0 cm³/mol. The van der Waals surface area contributed by atoms with Crippen LogP contribution in [-0.2, 0) is 19.1 Å². The molecule has 0 aliphatic heterocycles. The van der Waals surface area contributed by atoms with Crippen molar-refractivity contribution in [3.8, 4) is 0 Å². The zero-order valence-electron chi connectivity index (χ0n) is 17.1. The maximum absolute atomic E-state index is 12.6. The van der Waals surface area contributed by atoms with E-state index in [1.807, 2.05) is 34.6 Å². The summed E-state index contributed by atoms with van der Waals surface area (Å²) in [6, 6.07) is -1.17. The van der Waals surface area contributed by atoms with Crippen LogP contribution in [0.5, 0.6) is 0 Å². The predicted octanol–water partition coefficient (Wildman–Crippen LogP) is 1.36. The number of amides is 2. The van der Waals surface area contributed by atoms with Crippen LogP contribution in [0, 0.1) is 5.92 Å². The van der Waals surface area contributed by atoms with Gasteiger partial charge >= 0.3 is 5.97 Å². The van der Waals surface area contributed by atoms with Crippen molar-refractivity contribution in [1.29, 1.82) is 0 Å². The second-order valence-electron chi connectivity index (χ2n) is 8.41. The number of carbonyl (C=O) groups excluding carboxylic acids is 3. The lowest BCUT2D eigenvalue weighted by Crippen LogP contribution is -2.59. The van der Waals surface area contributed by atoms with Gasteiger partial charge in [0.1, 0.15) is 11.6 Å². The fourth-order valence-electron chi connectivity index (χ4n) is 2.42. The van der Waals surface area contributed by atoms with Crippen LogP contribution in [0.1, 0.15) is 61.8 Å². The molecule has 0 aliphatic carbocycles. The minimum absolute atomic E-state index is 0.197. The van der Waals surface area contributed by atoms with E-state index in [9.17, 15) is 14.4 Å². The highest BCUT2D eigenvalue weighted by molar-refractivity contribution is 5.93. The summed E-state index contributed by atoms with van der Waals surface area (Å²) in [5.41, 5.74) is -1.39. The standard InChI is InChI=1S/C18H35N3O4/c1-11(2)10-13(15(23)21-18(7,8)16(24)25-9)19-14(22)12(3)20-17(4,5)6/h11-13,20H,10H2,1-9H3,(H,19,22)(H,21,23). The molecule has 25 heavy (non-hydrogen) atoms. The van der Waals surface area contributed by atoms with E-state index in [4.69, 9.17) is 4.74 Å². The Morgan fingerprint density at radius 1 is 0.960 bits per heavy atom. The Morgan fingerprint density at radius 3 is 1.88 bits per heavy atom. The Balaban J connectivity index is 5.09. The molecule has 0 saturated carbocycles. The molecule has 2 amide bonds. The van der Waals surface area contributed by atoms with E-state index < -0.39 is 29.5 Å². The van der Waals surface area contributed by atoms with Crippen LogP contribution in [0.15, 0.2) is 0 Å². The minimum atomic E-state index is -1.17. The zero-order chi connectivity index (χ0) is 20.0. The minimum Gasteiger partial charge on any atom is -0.467 e. The quantitative estimate of drug-likeness (QED) is 0.570. The lowest BCUT2D eigenvalue weighted by Gasteiger charge is -2.29. The van der Waals surface area contributed by atoms with Gasteiger partial charge in [-0.05, 0) is 53.9 Å². The van der Waals surface area contributed by atoms with Gasteiger partial charge in [-0.2, -0.15) is 0 Å². The molecule has 7 heteroatoms. The normalized spacial score (nSPS) is 14.6. The van der Waals surface area contributed by atoms with Gasteiger partial charge in [-0.25, -0.2) is 4.79 Å². The van der Waals surface area contributed by atoms with Crippen LogP contribution in [0.3, 0.4) is 0 Å². The highest BCUT2D eigenvalue weighted by atomic mass is 16.5. The maximum Gasteiger partial charge on any atom is 0.330 e. The molecular weight excluding hydrogens is 322 g/mol. The number of rotatable bonds is 8. The molecule has 0 saturated heterocycles. The second-order valence-corrected chi connectivity index (χ2v) is 8.41. The number of nitrogens with one attached hydrogen (secondary N) is 3. The highest BCUT2D eigenvalue weighted by Gasteiger charge is 2.34. The van der Waals surface area contributed by atoms with E-state index in [0.717, 1.165) is 0 Å². The van der Waals surface area contributed by atoms with Gasteiger partial charge < -0.3 is 20.7 Å². The van der Waals surface area contributed by atoms with Gasteiger partial charge in [-0.3, -0.25) is 9.59 Å². The van der Waals surface area contributed by atoms with Crippen LogP contribution < -0.4 is 16.0 Å². The van der Waals surface area contributed by atoms with Crippen LogP contribution in [0.2, 0.25) is 0 Å². The van der Waals surface area contributed by atoms with Crippen molar-refractivity contribution in [1.82, 2.24) is 16.0 Å². The molecule has 0 spiro atoms. The Morgan fingerprint density at radius 2 is 1.48 bits per heavy atom. The summed E-state index contributed by atoms with van der Waals surface area (Å²) < 4.78 is 4.70. The van der Waals surface area contributed by atoms with Crippen LogP contribution in [0.25, 0.3) is 0 Å². The van der Waals surface area contributed by atoms with E-state index in [0.29, 0.717) is 6.42 Å². The van der Waals surface area contributed by atoms with Crippen LogP contribution in [0.4, 0.5) is 0 Å². The topological polar surface area (TPSA) is 96.5 Å². The van der Waals surface area contributed by atoms with Gasteiger partial charge in [0.25, 0.3) is 0 Å². The molecule has 0 aromatic rings. The molecule has 2 atom stereocenters. The second kappa shape index (κ2) is 9.17. The molecule has 2 unspecified atom stereocenters. The first kappa shape index (κ1) is 23.4. The van der Waals surface area contributed by atoms with E-state index >= 15 is 0 Å². The molecule has 0 heterocycles. The van der Waals surface area contributed by atoms with Crippen molar-refractivity contribution in [3.05, 3.63) is 0 Å². The van der Waals surface area contributed by atoms with E-state index in [-0.39, 0.29) is 17.4 Å². The van der Waals surface area contributed by atoms with E-state index in [1.54, 1.807) is 20.8 Å². The summed E-state index contributed by atoms with van der Waals surface area (Å²) >= 11 is 0. The summed E-state index contributed by atoms with van der Waals surface area (Å²) in [4.78, 5) is 36.8. The monoisotopic (exact) mass is 357 g/mol. The summed E-state index contributed by atoms with van der Waals surface area (Å²) in [5.74, 6) is -1.01. The van der Waals surface area contributed by atoms with Gasteiger partial charge in [0, 0.05) is 5.54 Å². The fourth-order valence-corrected chi connectivity index (χ4v) is 2.42. The average molecular weight is 357 g/mol. The lowest BCUT2D eigenvalue weighted by atomic mass is 10.00. The number of methoxy groups -OCH3 is 1. The third-order valence-corrected chi connectivity index (χ3v) is 3.51. The Bertz CT molecular complexity index is 481. The lowest BCUT2D eigenvalue weighted by molar-refractivity contribution is -0.149. The van der Waals surface area contributed by atoms with Crippen LogP contribution in [-0.4, -0.2) is 48.1 Å². The maximum atomic E-state index is 12.6. The molecule has 0 radical (unpaired) electrons. The van der Waals surface area contributed by atoms with E-state index in [2.05, 4.69) is 16.0 Å². The van der Waals surface area contributed by atoms with Crippen molar-refractivity contribution in [2.75, 3.05) is 7.11 Å². The van der Waals surface area contributed by atoms with Crippen LogP contribution >= 0.6 is 0 Å². The molecular formula is C18H35N3O4. The molecule has 146 valence electrons. The van der Waals surface area contributed by atoms with Gasteiger partial charge in [0.15, 0.2) is 0 Å². The van der Waals surface area contributed by atoms with Crippen molar-refractivity contribution in [3.63, 3.8) is 0 Å². The van der Waals surface area contributed by atoms with Crippen molar-refractivity contribution in [2.24, 2.45) is 5.92 Å². The Kier molecular flexibility index (Phi) is 8.58. The first-order chi connectivity index (χ1) is 11.2. The largest absolute Gasteiger partial charge is 0.467 e.